The zero-order valence-corrected chi connectivity index (χ0v) is 26.4. The zero-order valence-electron chi connectivity index (χ0n) is 24.0. The second-order valence-corrected chi connectivity index (χ2v) is 11.7. The van der Waals surface area contributed by atoms with Crippen LogP contribution in [0.3, 0.4) is 0 Å². The second kappa shape index (κ2) is 12.5. The van der Waals surface area contributed by atoms with Gasteiger partial charge in [-0.25, -0.2) is 4.99 Å². The lowest BCUT2D eigenvalue weighted by molar-refractivity contribution is -0.127. The van der Waals surface area contributed by atoms with Gasteiger partial charge in [0.15, 0.2) is 4.80 Å². The molecule has 2 heterocycles. The van der Waals surface area contributed by atoms with Crippen LogP contribution >= 0.6 is 27.3 Å². The highest BCUT2D eigenvalue weighted by atomic mass is 79.9. The minimum Gasteiger partial charge on any atom is -0.496 e. The summed E-state index contributed by atoms with van der Waals surface area (Å²) in [6.07, 6.45) is 3.49. The summed E-state index contributed by atoms with van der Waals surface area (Å²) in [6.45, 7) is 10.9. The smallest absolute Gasteiger partial charge is 0.271 e. The monoisotopic (exact) mass is 645 g/mol. The third-order valence-electron chi connectivity index (χ3n) is 7.34. The molecule has 0 unspecified atom stereocenters. The van der Waals surface area contributed by atoms with Crippen molar-refractivity contribution in [1.82, 2.24) is 9.47 Å². The number of hydrogen-bond acceptors (Lipinski definition) is 6. The molecule has 42 heavy (non-hydrogen) atoms. The number of allylic oxidation sites excluding steroid dienone is 1. The first-order chi connectivity index (χ1) is 20.3. The molecule has 3 aromatic carbocycles. The van der Waals surface area contributed by atoms with E-state index >= 15 is 0 Å². The minimum absolute atomic E-state index is 0.150. The van der Waals surface area contributed by atoms with Crippen molar-refractivity contribution in [1.29, 1.82) is 0 Å². The Morgan fingerprint density at radius 2 is 1.88 bits per heavy atom. The normalized spacial score (nSPS) is 14.9. The molecule has 1 aliphatic rings. The third kappa shape index (κ3) is 5.34. The van der Waals surface area contributed by atoms with Crippen LogP contribution in [0.2, 0.25) is 0 Å². The molecule has 0 saturated carbocycles. The predicted molar refractivity (Wildman–Crippen MR) is 172 cm³/mol. The van der Waals surface area contributed by atoms with Crippen molar-refractivity contribution >= 4 is 50.0 Å². The van der Waals surface area contributed by atoms with Crippen LogP contribution in [-0.2, 0) is 4.79 Å². The summed E-state index contributed by atoms with van der Waals surface area (Å²) in [5.41, 5.74) is 2.30. The molecule has 0 fully saturated rings. The summed E-state index contributed by atoms with van der Waals surface area (Å²) >= 11 is 4.82. The molecule has 5 rings (SSSR count). The van der Waals surface area contributed by atoms with E-state index in [4.69, 9.17) is 14.5 Å². The number of thiazole rings is 1. The number of rotatable bonds is 9. The molecule has 1 amide bonds. The maximum absolute atomic E-state index is 14.4. The van der Waals surface area contributed by atoms with Crippen LogP contribution in [0.1, 0.15) is 37.9 Å². The first-order valence-corrected chi connectivity index (χ1v) is 15.3. The van der Waals surface area contributed by atoms with Gasteiger partial charge in [0.05, 0.1) is 22.9 Å². The topological polar surface area (TPSA) is 73.1 Å². The van der Waals surface area contributed by atoms with Gasteiger partial charge in [0.25, 0.3) is 11.5 Å². The van der Waals surface area contributed by atoms with Gasteiger partial charge in [-0.05, 0) is 61.9 Å². The summed E-state index contributed by atoms with van der Waals surface area (Å²) in [4.78, 5) is 35.6. The molecule has 0 saturated heterocycles. The molecule has 0 radical (unpaired) electrons. The number of methoxy groups -OCH3 is 1. The van der Waals surface area contributed by atoms with Crippen LogP contribution in [0, 0.1) is 0 Å². The number of aromatic nitrogens is 1. The fourth-order valence-corrected chi connectivity index (χ4v) is 6.75. The van der Waals surface area contributed by atoms with Gasteiger partial charge in [-0.3, -0.25) is 14.2 Å². The van der Waals surface area contributed by atoms with E-state index in [0.29, 0.717) is 51.8 Å². The van der Waals surface area contributed by atoms with Crippen LogP contribution in [0.5, 0.6) is 11.5 Å². The van der Waals surface area contributed by atoms with E-state index in [1.54, 1.807) is 22.7 Å². The van der Waals surface area contributed by atoms with Crippen molar-refractivity contribution < 1.29 is 14.3 Å². The van der Waals surface area contributed by atoms with Gasteiger partial charge in [-0.2, -0.15) is 0 Å². The molecule has 1 aliphatic heterocycles. The molecule has 4 aromatic rings. The fraction of sp³-hybridized carbons (Fsp3) is 0.242. The van der Waals surface area contributed by atoms with Gasteiger partial charge < -0.3 is 14.4 Å². The van der Waals surface area contributed by atoms with Gasteiger partial charge >= 0.3 is 0 Å². The maximum Gasteiger partial charge on any atom is 0.271 e. The molecule has 0 aliphatic carbocycles. The number of hydrogen-bond donors (Lipinski definition) is 0. The van der Waals surface area contributed by atoms with Crippen molar-refractivity contribution in [2.45, 2.75) is 26.8 Å². The van der Waals surface area contributed by atoms with Crippen molar-refractivity contribution in [3.05, 3.63) is 114 Å². The average Bonchev–Trinajstić information content (AvgIpc) is 3.29. The minimum atomic E-state index is -0.739. The second-order valence-electron chi connectivity index (χ2n) is 9.74. The molecule has 7 nitrogen and oxygen atoms in total. The first kappa shape index (κ1) is 29.5. The van der Waals surface area contributed by atoms with Crippen LogP contribution in [-0.4, -0.2) is 42.2 Å². The van der Waals surface area contributed by atoms with Crippen molar-refractivity contribution in [3.8, 4) is 11.5 Å². The maximum atomic E-state index is 14.4. The fourth-order valence-electron chi connectivity index (χ4n) is 5.34. The van der Waals surface area contributed by atoms with E-state index in [1.807, 2.05) is 81.4 Å². The van der Waals surface area contributed by atoms with E-state index < -0.39 is 6.04 Å². The molecule has 0 bridgehead atoms. The van der Waals surface area contributed by atoms with Gasteiger partial charge in [0, 0.05) is 28.7 Å². The summed E-state index contributed by atoms with van der Waals surface area (Å²) in [5, 5.41) is 1.89. The molecule has 216 valence electrons. The summed E-state index contributed by atoms with van der Waals surface area (Å²) in [5.74, 6) is 1.08. The molecular weight excluding hydrogens is 614 g/mol. The molecular formula is C33H32BrN3O4S. The SMILES string of the molecule is C=CCOc1ccc(Br)cc1/C=c1/sc2n(c1=O)[C@H](c1c(OC)ccc3ccccc13)C(C(=O)N(CC)CC)=C(C)N=2. The summed E-state index contributed by atoms with van der Waals surface area (Å²) in [7, 11) is 1.61. The van der Waals surface area contributed by atoms with Crippen molar-refractivity contribution in [2.75, 3.05) is 26.8 Å². The van der Waals surface area contributed by atoms with E-state index in [-0.39, 0.29) is 11.5 Å². The number of carbonyl (C=O) groups is 1. The zero-order chi connectivity index (χ0) is 30.0. The molecule has 1 aromatic heterocycles. The highest BCUT2D eigenvalue weighted by Gasteiger charge is 2.36. The number of halogens is 1. The Labute approximate surface area is 256 Å². The van der Waals surface area contributed by atoms with Gasteiger partial charge in [0.1, 0.15) is 24.1 Å². The van der Waals surface area contributed by atoms with E-state index in [9.17, 15) is 9.59 Å². The van der Waals surface area contributed by atoms with Crippen LogP contribution < -0.4 is 24.4 Å². The Morgan fingerprint density at radius 1 is 1.14 bits per heavy atom. The first-order valence-electron chi connectivity index (χ1n) is 13.7. The number of fused-ring (bicyclic) bond motifs is 2. The highest BCUT2D eigenvalue weighted by molar-refractivity contribution is 9.10. The summed E-state index contributed by atoms with van der Waals surface area (Å²) in [6, 6.07) is 16.7. The number of likely N-dealkylation sites (N-methyl/N-ethyl adjacent to an activating group) is 1. The molecule has 0 spiro atoms. The average molecular weight is 647 g/mol. The Bertz CT molecular complexity index is 1900. The predicted octanol–water partition coefficient (Wildman–Crippen LogP) is 5.59. The Morgan fingerprint density at radius 3 is 2.60 bits per heavy atom. The lowest BCUT2D eigenvalue weighted by atomic mass is 9.90. The van der Waals surface area contributed by atoms with Crippen LogP contribution in [0.4, 0.5) is 0 Å². The number of nitrogens with zero attached hydrogens (tertiary/aromatic N) is 3. The number of amides is 1. The Kier molecular flexibility index (Phi) is 8.80. The number of ether oxygens (including phenoxy) is 2. The largest absolute Gasteiger partial charge is 0.496 e. The van der Waals surface area contributed by atoms with E-state index in [2.05, 4.69) is 22.5 Å². The third-order valence-corrected chi connectivity index (χ3v) is 8.82. The molecule has 1 atom stereocenters. The van der Waals surface area contributed by atoms with E-state index in [0.717, 1.165) is 26.4 Å². The van der Waals surface area contributed by atoms with E-state index in [1.165, 1.54) is 11.3 Å². The summed E-state index contributed by atoms with van der Waals surface area (Å²) < 4.78 is 14.7. The van der Waals surface area contributed by atoms with Gasteiger partial charge in [-0.15, -0.1) is 0 Å². The van der Waals surface area contributed by atoms with Crippen LogP contribution in [0.25, 0.3) is 16.8 Å². The number of carbonyl (C=O) groups excluding carboxylic acids is 1. The Hall–Kier alpha value is -3.95. The van der Waals surface area contributed by atoms with Crippen molar-refractivity contribution in [3.63, 3.8) is 0 Å². The standard InChI is InChI=1S/C33H32BrN3O4S/c1-6-17-41-25-16-14-23(34)18-22(25)19-27-31(38)37-30(29-24-12-10-9-11-21(24)13-15-26(29)40-5)28(20(4)35-33(37)42-27)32(39)36(7-2)8-3/h6,9-16,18-19,30H,1,7-8,17H2,2-5H3/b27-19+/t30-/m0/s1. The van der Waals surface area contributed by atoms with Crippen LogP contribution in [0.15, 0.2) is 92.8 Å². The highest BCUT2D eigenvalue weighted by Crippen LogP contribution is 2.40. The Balaban J connectivity index is 1.83. The lowest BCUT2D eigenvalue weighted by Crippen LogP contribution is -2.43. The van der Waals surface area contributed by atoms with Crippen molar-refractivity contribution in [2.24, 2.45) is 4.99 Å². The lowest BCUT2D eigenvalue weighted by Gasteiger charge is -2.30. The number of benzene rings is 3. The molecule has 9 heteroatoms. The van der Waals surface area contributed by atoms with Gasteiger partial charge in [0.2, 0.25) is 0 Å². The molecule has 0 N–H and O–H groups in total. The quantitative estimate of drug-likeness (QED) is 0.222. The van der Waals surface area contributed by atoms with Gasteiger partial charge in [-0.1, -0.05) is 70.3 Å².